The summed E-state index contributed by atoms with van der Waals surface area (Å²) >= 11 is 6.25. The minimum Gasteiger partial charge on any atom is -0.453 e. The summed E-state index contributed by atoms with van der Waals surface area (Å²) in [5.41, 5.74) is 3.37. The number of halogens is 1. The number of para-hydroxylation sites is 1. The van der Waals surface area contributed by atoms with E-state index in [0.29, 0.717) is 10.6 Å². The zero-order chi connectivity index (χ0) is 19.0. The van der Waals surface area contributed by atoms with E-state index in [9.17, 15) is 9.59 Å². The van der Waals surface area contributed by atoms with Gasteiger partial charge in [-0.3, -0.25) is 4.79 Å². The second-order valence-corrected chi connectivity index (χ2v) is 6.99. The van der Waals surface area contributed by atoms with E-state index in [0.717, 1.165) is 22.3 Å². The van der Waals surface area contributed by atoms with Crippen LogP contribution in [0.2, 0.25) is 5.02 Å². The smallest absolute Gasteiger partial charge is 0.356 e. The molecule has 1 N–H and O–H groups in total. The zero-order valence-electron chi connectivity index (χ0n) is 15.2. The van der Waals surface area contributed by atoms with Crippen LogP contribution in [0.4, 0.5) is 0 Å². The molecule has 6 heteroatoms. The highest BCUT2D eigenvalue weighted by molar-refractivity contribution is 6.38. The van der Waals surface area contributed by atoms with E-state index >= 15 is 0 Å². The van der Waals surface area contributed by atoms with E-state index in [1.807, 2.05) is 44.2 Å². The van der Waals surface area contributed by atoms with Crippen LogP contribution in [-0.2, 0) is 4.74 Å². The summed E-state index contributed by atoms with van der Waals surface area (Å²) in [7, 11) is 0. The number of rotatable bonds is 5. The van der Waals surface area contributed by atoms with E-state index in [1.165, 1.54) is 0 Å². The quantitative estimate of drug-likeness (QED) is 0.513. The number of aryl methyl sites for hydroxylation is 1. The first-order chi connectivity index (χ1) is 12.3. The molecule has 2 heterocycles. The number of H-pyrrole nitrogens is 1. The van der Waals surface area contributed by atoms with Crippen molar-refractivity contribution in [1.82, 2.24) is 9.55 Å². The predicted molar refractivity (Wildman–Crippen MR) is 102 cm³/mol. The number of carbonyl (C=O) groups excluding carboxylic acids is 2. The number of ether oxygens (including phenoxy) is 1. The van der Waals surface area contributed by atoms with E-state index in [4.69, 9.17) is 16.3 Å². The molecule has 3 rings (SSSR count). The molecule has 0 unspecified atom stereocenters. The summed E-state index contributed by atoms with van der Waals surface area (Å²) in [5.74, 6) is -0.872. The SMILES string of the molecule is Cc1cc(C(=O)COC(=O)c2[nH]c3ccccc3c2Cl)c(C)n1C(C)C. The van der Waals surface area contributed by atoms with E-state index in [1.54, 1.807) is 0 Å². The van der Waals surface area contributed by atoms with Crippen molar-refractivity contribution in [3.8, 4) is 0 Å². The highest BCUT2D eigenvalue weighted by atomic mass is 35.5. The van der Waals surface area contributed by atoms with Crippen molar-refractivity contribution in [2.75, 3.05) is 6.61 Å². The van der Waals surface area contributed by atoms with Gasteiger partial charge in [0, 0.05) is 33.9 Å². The summed E-state index contributed by atoms with van der Waals surface area (Å²) < 4.78 is 7.29. The van der Waals surface area contributed by atoms with Crippen LogP contribution >= 0.6 is 11.6 Å². The molecule has 0 aliphatic rings. The van der Waals surface area contributed by atoms with Crippen molar-refractivity contribution in [3.05, 3.63) is 58.0 Å². The molecule has 136 valence electrons. The van der Waals surface area contributed by atoms with Crippen LogP contribution in [0.1, 0.15) is 52.1 Å². The molecular weight excluding hydrogens is 352 g/mol. The van der Waals surface area contributed by atoms with Gasteiger partial charge in [0.25, 0.3) is 0 Å². The molecule has 2 aromatic heterocycles. The molecule has 0 atom stereocenters. The average molecular weight is 373 g/mol. The van der Waals surface area contributed by atoms with E-state index in [-0.39, 0.29) is 24.1 Å². The third kappa shape index (κ3) is 3.15. The molecule has 0 aliphatic carbocycles. The Kier molecular flexibility index (Phi) is 4.92. The van der Waals surface area contributed by atoms with Gasteiger partial charge in [0.05, 0.1) is 5.02 Å². The molecular formula is C20H21ClN2O3. The van der Waals surface area contributed by atoms with Gasteiger partial charge in [-0.2, -0.15) is 0 Å². The Hall–Kier alpha value is -2.53. The summed E-state index contributed by atoms with van der Waals surface area (Å²) in [4.78, 5) is 27.8. The molecule has 0 spiro atoms. The van der Waals surface area contributed by atoms with Gasteiger partial charge >= 0.3 is 5.97 Å². The number of carbonyl (C=O) groups is 2. The molecule has 0 fully saturated rings. The normalized spacial score (nSPS) is 11.3. The number of hydrogen-bond donors (Lipinski definition) is 1. The van der Waals surface area contributed by atoms with Gasteiger partial charge in [0.1, 0.15) is 5.69 Å². The van der Waals surface area contributed by atoms with Crippen LogP contribution in [-0.4, -0.2) is 27.9 Å². The van der Waals surface area contributed by atoms with Gasteiger partial charge in [-0.05, 0) is 39.8 Å². The van der Waals surface area contributed by atoms with Crippen LogP contribution in [0.25, 0.3) is 10.9 Å². The molecule has 3 aromatic rings. The van der Waals surface area contributed by atoms with Crippen molar-refractivity contribution in [1.29, 1.82) is 0 Å². The van der Waals surface area contributed by atoms with Crippen LogP contribution in [0.5, 0.6) is 0 Å². The molecule has 0 aliphatic heterocycles. The highest BCUT2D eigenvalue weighted by Gasteiger charge is 2.21. The Bertz CT molecular complexity index is 998. The van der Waals surface area contributed by atoms with Crippen molar-refractivity contribution < 1.29 is 14.3 Å². The molecule has 1 aromatic carbocycles. The minimum atomic E-state index is -0.641. The van der Waals surface area contributed by atoms with Crippen LogP contribution in [0.15, 0.2) is 30.3 Å². The molecule has 26 heavy (non-hydrogen) atoms. The molecule has 0 radical (unpaired) electrons. The number of nitrogens with zero attached hydrogens (tertiary/aromatic N) is 1. The number of aromatic amines is 1. The number of aromatic nitrogens is 2. The monoisotopic (exact) mass is 372 g/mol. The fourth-order valence-electron chi connectivity index (χ4n) is 3.38. The maximum atomic E-state index is 12.5. The van der Waals surface area contributed by atoms with Gasteiger partial charge in [0.15, 0.2) is 6.61 Å². The summed E-state index contributed by atoms with van der Waals surface area (Å²) in [6.07, 6.45) is 0. The Balaban J connectivity index is 1.76. The third-order valence-electron chi connectivity index (χ3n) is 4.48. The lowest BCUT2D eigenvalue weighted by Crippen LogP contribution is -2.16. The lowest BCUT2D eigenvalue weighted by Gasteiger charge is -2.13. The second-order valence-electron chi connectivity index (χ2n) is 6.61. The van der Waals surface area contributed by atoms with Crippen molar-refractivity contribution >= 4 is 34.3 Å². The first kappa shape index (κ1) is 18.3. The first-order valence-electron chi connectivity index (χ1n) is 8.46. The van der Waals surface area contributed by atoms with Gasteiger partial charge in [-0.15, -0.1) is 0 Å². The zero-order valence-corrected chi connectivity index (χ0v) is 16.0. The van der Waals surface area contributed by atoms with E-state index in [2.05, 4.69) is 23.4 Å². The topological polar surface area (TPSA) is 64.1 Å². The average Bonchev–Trinajstić information content (AvgIpc) is 3.09. The van der Waals surface area contributed by atoms with Crippen molar-refractivity contribution in [2.45, 2.75) is 33.7 Å². The first-order valence-corrected chi connectivity index (χ1v) is 8.84. The molecule has 5 nitrogen and oxygen atoms in total. The maximum absolute atomic E-state index is 12.5. The largest absolute Gasteiger partial charge is 0.453 e. The van der Waals surface area contributed by atoms with Gasteiger partial charge in [0.2, 0.25) is 5.78 Å². The van der Waals surface area contributed by atoms with Crippen LogP contribution < -0.4 is 0 Å². The number of esters is 1. The Morgan fingerprint density at radius 2 is 1.92 bits per heavy atom. The van der Waals surface area contributed by atoms with Crippen LogP contribution in [0, 0.1) is 13.8 Å². The van der Waals surface area contributed by atoms with Crippen molar-refractivity contribution in [2.24, 2.45) is 0 Å². The summed E-state index contributed by atoms with van der Waals surface area (Å²) in [6.45, 7) is 7.65. The van der Waals surface area contributed by atoms with Crippen molar-refractivity contribution in [3.63, 3.8) is 0 Å². The number of Topliss-reactive ketones (excluding diaryl/α,β-unsaturated/α-hetero) is 1. The Morgan fingerprint density at radius 1 is 1.23 bits per heavy atom. The molecule has 0 amide bonds. The van der Waals surface area contributed by atoms with Gasteiger partial charge in [-0.25, -0.2) is 4.79 Å². The standard InChI is InChI=1S/C20H21ClN2O3/c1-11(2)23-12(3)9-15(13(23)4)17(24)10-26-20(25)19-18(21)14-7-5-6-8-16(14)22-19/h5-9,11,22H,10H2,1-4H3. The van der Waals surface area contributed by atoms with E-state index < -0.39 is 5.97 Å². The number of hydrogen-bond acceptors (Lipinski definition) is 3. The predicted octanol–water partition coefficient (Wildman–Crippen LogP) is 4.86. The lowest BCUT2D eigenvalue weighted by molar-refractivity contribution is 0.0470. The number of nitrogens with one attached hydrogen (secondary N) is 1. The molecule has 0 saturated heterocycles. The third-order valence-corrected chi connectivity index (χ3v) is 4.87. The summed E-state index contributed by atoms with van der Waals surface area (Å²) in [6, 6.07) is 9.41. The molecule has 0 bridgehead atoms. The Morgan fingerprint density at radius 3 is 2.54 bits per heavy atom. The van der Waals surface area contributed by atoms with Gasteiger partial charge < -0.3 is 14.3 Å². The Labute approximate surface area is 156 Å². The number of fused-ring (bicyclic) bond motifs is 1. The fourth-order valence-corrected chi connectivity index (χ4v) is 3.67. The second kappa shape index (κ2) is 7.00. The molecule has 0 saturated carbocycles. The summed E-state index contributed by atoms with van der Waals surface area (Å²) in [5, 5.41) is 1.05. The van der Waals surface area contributed by atoms with Crippen LogP contribution in [0.3, 0.4) is 0 Å². The number of benzene rings is 1. The minimum absolute atomic E-state index is 0.160. The number of ketones is 1. The lowest BCUT2D eigenvalue weighted by atomic mass is 10.1. The fraction of sp³-hybridized carbons (Fsp3) is 0.300. The van der Waals surface area contributed by atoms with Gasteiger partial charge in [-0.1, -0.05) is 29.8 Å². The maximum Gasteiger partial charge on any atom is 0.356 e. The highest BCUT2D eigenvalue weighted by Crippen LogP contribution is 2.27.